The smallest absolute Gasteiger partial charge is 0.244 e. The second kappa shape index (κ2) is 12.1. The highest BCUT2D eigenvalue weighted by Crippen LogP contribution is 2.22. The Kier molecular flexibility index (Phi) is 9.12. The summed E-state index contributed by atoms with van der Waals surface area (Å²) in [6, 6.07) is 22.4. The minimum absolute atomic E-state index is 0.147. The number of likely N-dealkylation sites (N-methyl/N-ethyl adjacent to an activating group) is 1. The van der Waals surface area contributed by atoms with Crippen LogP contribution in [0, 0.1) is 6.92 Å². The number of nitrogens with zero attached hydrogens (tertiary/aromatic N) is 2. The first-order valence-corrected chi connectivity index (χ1v) is 13.7. The van der Waals surface area contributed by atoms with Crippen LogP contribution in [0.3, 0.4) is 0 Å². The van der Waals surface area contributed by atoms with Crippen LogP contribution >= 0.6 is 11.6 Å². The van der Waals surface area contributed by atoms with E-state index >= 15 is 0 Å². The topological polar surface area (TPSA) is 86.8 Å². The molecule has 0 saturated carbocycles. The number of rotatable bonds is 10. The van der Waals surface area contributed by atoms with E-state index in [1.807, 2.05) is 61.5 Å². The van der Waals surface area contributed by atoms with E-state index in [0.29, 0.717) is 10.7 Å². The van der Waals surface area contributed by atoms with Crippen molar-refractivity contribution in [3.05, 3.63) is 101 Å². The number of sulfonamides is 1. The van der Waals surface area contributed by atoms with E-state index < -0.39 is 28.5 Å². The Morgan fingerprint density at radius 2 is 1.56 bits per heavy atom. The molecule has 0 radical (unpaired) electrons. The number of carbonyl (C=O) groups is 2. The molecule has 0 aromatic heterocycles. The molecule has 1 N–H and O–H groups in total. The molecule has 0 unspecified atom stereocenters. The van der Waals surface area contributed by atoms with Crippen LogP contribution in [0.5, 0.6) is 0 Å². The molecule has 0 aliphatic rings. The SMILES string of the molecule is CNC(=O)[C@@H](Cc1ccccc1)N(Cc1ccccc1C)C(=O)CN(c1ccc(Cl)cc1)S(C)(=O)=O. The highest BCUT2D eigenvalue weighted by atomic mass is 35.5. The zero-order valence-corrected chi connectivity index (χ0v) is 22.1. The van der Waals surface area contributed by atoms with Crippen molar-refractivity contribution in [3.8, 4) is 0 Å². The van der Waals surface area contributed by atoms with E-state index in [2.05, 4.69) is 5.32 Å². The Labute approximate surface area is 217 Å². The van der Waals surface area contributed by atoms with Crippen LogP contribution in [-0.4, -0.2) is 51.0 Å². The molecule has 0 heterocycles. The maximum Gasteiger partial charge on any atom is 0.244 e. The lowest BCUT2D eigenvalue weighted by Gasteiger charge is -2.33. The first-order chi connectivity index (χ1) is 17.1. The summed E-state index contributed by atoms with van der Waals surface area (Å²) in [5.74, 6) is -0.832. The van der Waals surface area contributed by atoms with Crippen molar-refractivity contribution >= 4 is 39.1 Å². The molecule has 0 aliphatic heterocycles. The average molecular weight is 528 g/mol. The zero-order chi connectivity index (χ0) is 26.3. The van der Waals surface area contributed by atoms with Gasteiger partial charge in [-0.3, -0.25) is 13.9 Å². The van der Waals surface area contributed by atoms with Gasteiger partial charge in [0.05, 0.1) is 11.9 Å². The molecule has 1 atom stereocenters. The summed E-state index contributed by atoms with van der Waals surface area (Å²) in [6.45, 7) is 1.61. The second-order valence-corrected chi connectivity index (χ2v) is 10.9. The molecule has 2 amide bonds. The number of benzene rings is 3. The minimum Gasteiger partial charge on any atom is -0.357 e. The summed E-state index contributed by atoms with van der Waals surface area (Å²) < 4.78 is 26.4. The Balaban J connectivity index is 2.03. The number of hydrogen-bond acceptors (Lipinski definition) is 4. The number of halogens is 1. The quantitative estimate of drug-likeness (QED) is 0.434. The number of carbonyl (C=O) groups excluding carboxylic acids is 2. The molecular formula is C27H30ClN3O4S. The van der Waals surface area contributed by atoms with Gasteiger partial charge in [0.2, 0.25) is 21.8 Å². The Morgan fingerprint density at radius 3 is 2.14 bits per heavy atom. The largest absolute Gasteiger partial charge is 0.357 e. The summed E-state index contributed by atoms with van der Waals surface area (Å²) in [5, 5.41) is 3.11. The van der Waals surface area contributed by atoms with Crippen molar-refractivity contribution in [2.24, 2.45) is 0 Å². The number of nitrogens with one attached hydrogen (secondary N) is 1. The highest BCUT2D eigenvalue weighted by molar-refractivity contribution is 7.92. The van der Waals surface area contributed by atoms with E-state index in [9.17, 15) is 18.0 Å². The van der Waals surface area contributed by atoms with Crippen molar-refractivity contribution in [2.45, 2.75) is 25.9 Å². The lowest BCUT2D eigenvalue weighted by Crippen LogP contribution is -2.53. The molecule has 3 aromatic carbocycles. The van der Waals surface area contributed by atoms with Gasteiger partial charge in [0.1, 0.15) is 12.6 Å². The average Bonchev–Trinajstić information content (AvgIpc) is 2.85. The number of aryl methyl sites for hydroxylation is 1. The molecule has 0 spiro atoms. The van der Waals surface area contributed by atoms with Gasteiger partial charge in [0, 0.05) is 25.0 Å². The van der Waals surface area contributed by atoms with E-state index in [-0.39, 0.29) is 18.9 Å². The van der Waals surface area contributed by atoms with Crippen LogP contribution in [0.2, 0.25) is 5.02 Å². The lowest BCUT2D eigenvalue weighted by molar-refractivity contribution is -0.139. The van der Waals surface area contributed by atoms with Crippen LogP contribution < -0.4 is 9.62 Å². The van der Waals surface area contributed by atoms with Crippen molar-refractivity contribution < 1.29 is 18.0 Å². The molecule has 190 valence electrons. The van der Waals surface area contributed by atoms with Crippen molar-refractivity contribution in [1.82, 2.24) is 10.2 Å². The summed E-state index contributed by atoms with van der Waals surface area (Å²) in [5.41, 5.74) is 3.02. The maximum absolute atomic E-state index is 13.8. The van der Waals surface area contributed by atoms with Crippen LogP contribution in [0.25, 0.3) is 0 Å². The van der Waals surface area contributed by atoms with Gasteiger partial charge in [0.15, 0.2) is 0 Å². The van der Waals surface area contributed by atoms with Crippen molar-refractivity contribution in [3.63, 3.8) is 0 Å². The van der Waals surface area contributed by atoms with E-state index in [4.69, 9.17) is 11.6 Å². The third kappa shape index (κ3) is 7.08. The van der Waals surface area contributed by atoms with Crippen LogP contribution in [0.15, 0.2) is 78.9 Å². The van der Waals surface area contributed by atoms with Gasteiger partial charge in [-0.05, 0) is 47.9 Å². The summed E-state index contributed by atoms with van der Waals surface area (Å²) in [6.07, 6.45) is 1.32. The predicted molar refractivity (Wildman–Crippen MR) is 143 cm³/mol. The van der Waals surface area contributed by atoms with Gasteiger partial charge < -0.3 is 10.2 Å². The fourth-order valence-electron chi connectivity index (χ4n) is 3.91. The molecule has 0 bridgehead atoms. The molecule has 3 rings (SSSR count). The van der Waals surface area contributed by atoms with Crippen molar-refractivity contribution in [2.75, 3.05) is 24.2 Å². The van der Waals surface area contributed by atoms with Crippen LogP contribution in [0.1, 0.15) is 16.7 Å². The molecule has 0 aliphatic carbocycles. The second-order valence-electron chi connectivity index (χ2n) is 8.51. The van der Waals surface area contributed by atoms with Gasteiger partial charge in [-0.15, -0.1) is 0 Å². The minimum atomic E-state index is -3.81. The van der Waals surface area contributed by atoms with Crippen molar-refractivity contribution in [1.29, 1.82) is 0 Å². The van der Waals surface area contributed by atoms with Gasteiger partial charge in [-0.1, -0.05) is 66.2 Å². The Morgan fingerprint density at radius 1 is 0.944 bits per heavy atom. The summed E-state index contributed by atoms with van der Waals surface area (Å²) >= 11 is 5.97. The van der Waals surface area contributed by atoms with Crippen LogP contribution in [0.4, 0.5) is 5.69 Å². The number of hydrogen-bond donors (Lipinski definition) is 1. The third-order valence-corrected chi connectivity index (χ3v) is 7.31. The van der Waals surface area contributed by atoms with Gasteiger partial charge in [-0.2, -0.15) is 0 Å². The predicted octanol–water partition coefficient (Wildman–Crippen LogP) is 3.80. The van der Waals surface area contributed by atoms with Gasteiger partial charge >= 0.3 is 0 Å². The normalized spacial score (nSPS) is 12.0. The summed E-state index contributed by atoms with van der Waals surface area (Å²) in [7, 11) is -2.29. The van der Waals surface area contributed by atoms with Crippen LogP contribution in [-0.2, 0) is 32.6 Å². The molecule has 36 heavy (non-hydrogen) atoms. The molecular weight excluding hydrogens is 498 g/mol. The zero-order valence-electron chi connectivity index (χ0n) is 20.5. The first kappa shape index (κ1) is 27.2. The standard InChI is InChI=1S/C27H30ClN3O4S/c1-20-9-7-8-12-22(20)18-30(25(27(33)29-2)17-21-10-5-4-6-11-21)26(32)19-31(36(3,34)35)24-15-13-23(28)14-16-24/h4-16,25H,17-19H2,1-3H3,(H,29,33)/t25-/m1/s1. The molecule has 9 heteroatoms. The lowest BCUT2D eigenvalue weighted by atomic mass is 10.0. The van der Waals surface area contributed by atoms with Gasteiger partial charge in [-0.25, -0.2) is 8.42 Å². The molecule has 0 fully saturated rings. The number of anilines is 1. The Hall–Kier alpha value is -3.36. The summed E-state index contributed by atoms with van der Waals surface area (Å²) in [4.78, 5) is 28.4. The van der Waals surface area contributed by atoms with E-state index in [1.165, 1.54) is 11.9 Å². The molecule has 3 aromatic rings. The van der Waals surface area contributed by atoms with Gasteiger partial charge in [0.25, 0.3) is 0 Å². The highest BCUT2D eigenvalue weighted by Gasteiger charge is 2.32. The fraction of sp³-hybridized carbons (Fsp3) is 0.259. The maximum atomic E-state index is 13.8. The first-order valence-electron chi connectivity index (χ1n) is 11.4. The van der Waals surface area contributed by atoms with E-state index in [0.717, 1.165) is 27.3 Å². The molecule has 0 saturated heterocycles. The fourth-order valence-corrected chi connectivity index (χ4v) is 4.89. The van der Waals surface area contributed by atoms with E-state index in [1.54, 1.807) is 24.3 Å². The number of amides is 2. The monoisotopic (exact) mass is 527 g/mol. The third-order valence-electron chi connectivity index (χ3n) is 5.91. The Bertz CT molecular complexity index is 1300. The molecule has 7 nitrogen and oxygen atoms in total.